The summed E-state index contributed by atoms with van der Waals surface area (Å²) in [6.07, 6.45) is 20.7. The van der Waals surface area contributed by atoms with Crippen molar-refractivity contribution in [2.24, 2.45) is 0 Å². The van der Waals surface area contributed by atoms with Gasteiger partial charge in [-0.2, -0.15) is 0 Å². The molecule has 1 nitrogen and oxygen atoms in total. The number of alkyl halides is 1. The van der Waals surface area contributed by atoms with Crippen LogP contribution in [0.4, 0.5) is 0 Å². The maximum Gasteiger partial charge on any atom is 0.0223 e. The Morgan fingerprint density at radius 2 is 0.833 bits per heavy atom. The summed E-state index contributed by atoms with van der Waals surface area (Å²) >= 11 is 5.79. The minimum absolute atomic E-state index is 0. The standard InChI is InChI=1S/C21H44ClN.BrH/c1-3-5-7-9-11-15-19-23(21-17-13-14-18-22)20-16-12-10-8-6-4-2;/h3-21H2,1-2H3;1H. The Balaban J connectivity index is 0. The van der Waals surface area contributed by atoms with Gasteiger partial charge in [0.25, 0.3) is 0 Å². The lowest BCUT2D eigenvalue weighted by Crippen LogP contribution is -2.27. The fourth-order valence-corrected chi connectivity index (χ4v) is 3.36. The van der Waals surface area contributed by atoms with Gasteiger partial charge in [-0.15, -0.1) is 28.6 Å². The van der Waals surface area contributed by atoms with Crippen LogP contribution in [0.15, 0.2) is 0 Å². The molecule has 0 aliphatic heterocycles. The summed E-state index contributed by atoms with van der Waals surface area (Å²) in [5.74, 6) is 0.828. The molecular formula is C21H45BrClN. The molecule has 0 amide bonds. The average Bonchev–Trinajstić information content (AvgIpc) is 2.57. The zero-order chi connectivity index (χ0) is 17.0. The van der Waals surface area contributed by atoms with E-state index in [4.69, 9.17) is 11.6 Å². The fourth-order valence-electron chi connectivity index (χ4n) is 3.17. The lowest BCUT2D eigenvalue weighted by molar-refractivity contribution is 0.255. The first-order valence-electron chi connectivity index (χ1n) is 10.6. The van der Waals surface area contributed by atoms with Crippen LogP contribution in [0.3, 0.4) is 0 Å². The summed E-state index contributed by atoms with van der Waals surface area (Å²) in [6, 6.07) is 0. The van der Waals surface area contributed by atoms with E-state index in [2.05, 4.69) is 18.7 Å². The molecule has 0 spiro atoms. The molecule has 24 heavy (non-hydrogen) atoms. The minimum Gasteiger partial charge on any atom is -0.303 e. The third-order valence-corrected chi connectivity index (χ3v) is 5.03. The lowest BCUT2D eigenvalue weighted by Gasteiger charge is -2.22. The second kappa shape index (κ2) is 23.7. The molecule has 0 saturated heterocycles. The third kappa shape index (κ3) is 20.8. The summed E-state index contributed by atoms with van der Waals surface area (Å²) in [5, 5.41) is 0. The Morgan fingerprint density at radius 3 is 1.21 bits per heavy atom. The molecule has 0 aliphatic carbocycles. The van der Waals surface area contributed by atoms with Gasteiger partial charge in [-0.3, -0.25) is 0 Å². The van der Waals surface area contributed by atoms with Crippen LogP contribution in [0.1, 0.15) is 110 Å². The molecule has 0 aliphatic rings. The minimum atomic E-state index is 0. The second-order valence-corrected chi connectivity index (χ2v) is 7.50. The molecule has 0 aromatic carbocycles. The number of rotatable bonds is 19. The van der Waals surface area contributed by atoms with Gasteiger partial charge in [0, 0.05) is 5.88 Å². The van der Waals surface area contributed by atoms with E-state index in [0.29, 0.717) is 0 Å². The molecule has 0 aromatic rings. The smallest absolute Gasteiger partial charge is 0.0223 e. The molecule has 0 bridgehead atoms. The van der Waals surface area contributed by atoms with Crippen molar-refractivity contribution < 1.29 is 0 Å². The van der Waals surface area contributed by atoms with Gasteiger partial charge in [0.1, 0.15) is 0 Å². The van der Waals surface area contributed by atoms with Gasteiger partial charge in [-0.25, -0.2) is 0 Å². The van der Waals surface area contributed by atoms with Crippen LogP contribution < -0.4 is 0 Å². The van der Waals surface area contributed by atoms with Gasteiger partial charge in [0.2, 0.25) is 0 Å². The molecule has 148 valence electrons. The molecule has 0 aromatic heterocycles. The number of halogens is 2. The Hall–Kier alpha value is 0.730. The molecule has 3 heteroatoms. The maximum atomic E-state index is 5.79. The third-order valence-electron chi connectivity index (χ3n) is 4.76. The summed E-state index contributed by atoms with van der Waals surface area (Å²) in [7, 11) is 0. The monoisotopic (exact) mass is 425 g/mol. The molecule has 0 saturated carbocycles. The Labute approximate surface area is 169 Å². The zero-order valence-electron chi connectivity index (χ0n) is 16.7. The number of unbranched alkanes of at least 4 members (excludes halogenated alkanes) is 12. The second-order valence-electron chi connectivity index (χ2n) is 7.13. The number of nitrogens with zero attached hydrogens (tertiary/aromatic N) is 1. The van der Waals surface area contributed by atoms with Gasteiger partial charge < -0.3 is 4.90 Å². The SMILES string of the molecule is Br.CCCCCCCCN(CCCCCCl)CCCCCCCC. The van der Waals surface area contributed by atoms with Crippen molar-refractivity contribution in [3.05, 3.63) is 0 Å². The van der Waals surface area contributed by atoms with Gasteiger partial charge in [-0.1, -0.05) is 84.5 Å². The normalized spacial score (nSPS) is 11.0. The zero-order valence-corrected chi connectivity index (χ0v) is 19.1. The van der Waals surface area contributed by atoms with Crippen molar-refractivity contribution in [1.29, 1.82) is 0 Å². The first-order valence-corrected chi connectivity index (χ1v) is 11.2. The average molecular weight is 427 g/mol. The Morgan fingerprint density at radius 1 is 0.500 bits per heavy atom. The van der Waals surface area contributed by atoms with Crippen molar-refractivity contribution >= 4 is 28.6 Å². The molecule has 0 unspecified atom stereocenters. The van der Waals surface area contributed by atoms with E-state index in [1.54, 1.807) is 0 Å². The van der Waals surface area contributed by atoms with E-state index in [0.717, 1.165) is 5.88 Å². The summed E-state index contributed by atoms with van der Waals surface area (Å²) < 4.78 is 0. The molecule has 0 heterocycles. The first kappa shape index (κ1) is 27.0. The first-order chi connectivity index (χ1) is 11.3. The van der Waals surface area contributed by atoms with Crippen molar-refractivity contribution in [1.82, 2.24) is 4.90 Å². The van der Waals surface area contributed by atoms with Gasteiger partial charge in [0.05, 0.1) is 0 Å². The number of hydrogen-bond acceptors (Lipinski definition) is 1. The molecule has 0 rings (SSSR count). The van der Waals surface area contributed by atoms with Gasteiger partial charge in [0.15, 0.2) is 0 Å². The van der Waals surface area contributed by atoms with Gasteiger partial charge >= 0.3 is 0 Å². The van der Waals surface area contributed by atoms with Crippen LogP contribution in [-0.2, 0) is 0 Å². The number of hydrogen-bond donors (Lipinski definition) is 0. The highest BCUT2D eigenvalue weighted by Gasteiger charge is 2.04. The predicted octanol–water partition coefficient (Wildman–Crippen LogP) is 8.00. The van der Waals surface area contributed by atoms with Crippen LogP contribution in [-0.4, -0.2) is 30.4 Å². The highest BCUT2D eigenvalue weighted by molar-refractivity contribution is 8.93. The van der Waals surface area contributed by atoms with Crippen LogP contribution in [0.2, 0.25) is 0 Å². The molecule has 0 radical (unpaired) electrons. The van der Waals surface area contributed by atoms with E-state index in [1.807, 2.05) is 0 Å². The summed E-state index contributed by atoms with van der Waals surface area (Å²) in [6.45, 7) is 8.52. The predicted molar refractivity (Wildman–Crippen MR) is 118 cm³/mol. The highest BCUT2D eigenvalue weighted by Crippen LogP contribution is 2.10. The van der Waals surface area contributed by atoms with E-state index in [1.165, 1.54) is 116 Å². The largest absolute Gasteiger partial charge is 0.303 e. The van der Waals surface area contributed by atoms with E-state index in [-0.39, 0.29) is 17.0 Å². The quantitative estimate of drug-likeness (QED) is 0.149. The van der Waals surface area contributed by atoms with Crippen LogP contribution in [0.5, 0.6) is 0 Å². The Kier molecular flexibility index (Phi) is 26.7. The fraction of sp³-hybridized carbons (Fsp3) is 1.00. The summed E-state index contributed by atoms with van der Waals surface area (Å²) in [4.78, 5) is 2.73. The van der Waals surface area contributed by atoms with E-state index in [9.17, 15) is 0 Å². The van der Waals surface area contributed by atoms with Crippen LogP contribution >= 0.6 is 28.6 Å². The van der Waals surface area contributed by atoms with Crippen molar-refractivity contribution in [3.8, 4) is 0 Å². The van der Waals surface area contributed by atoms with Gasteiger partial charge in [-0.05, 0) is 45.3 Å². The molecular weight excluding hydrogens is 382 g/mol. The molecule has 0 N–H and O–H groups in total. The maximum absolute atomic E-state index is 5.79. The van der Waals surface area contributed by atoms with Crippen molar-refractivity contribution in [2.45, 2.75) is 110 Å². The summed E-state index contributed by atoms with van der Waals surface area (Å²) in [5.41, 5.74) is 0. The van der Waals surface area contributed by atoms with Crippen molar-refractivity contribution in [2.75, 3.05) is 25.5 Å². The topological polar surface area (TPSA) is 3.24 Å². The molecule has 0 atom stereocenters. The highest BCUT2D eigenvalue weighted by atomic mass is 79.9. The van der Waals surface area contributed by atoms with Crippen molar-refractivity contribution in [3.63, 3.8) is 0 Å². The van der Waals surface area contributed by atoms with E-state index < -0.39 is 0 Å². The lowest BCUT2D eigenvalue weighted by atomic mass is 10.1. The van der Waals surface area contributed by atoms with Crippen LogP contribution in [0.25, 0.3) is 0 Å². The molecule has 0 fully saturated rings. The van der Waals surface area contributed by atoms with Crippen LogP contribution in [0, 0.1) is 0 Å². The van der Waals surface area contributed by atoms with E-state index >= 15 is 0 Å². The Bertz CT molecular complexity index is 198.